The number of nitrogens with one attached hydrogen (secondary N) is 2. The third kappa shape index (κ3) is 9.86. The Bertz CT molecular complexity index is 1980. The Morgan fingerprint density at radius 1 is 1.05 bits per heavy atom. The molecule has 59 heavy (non-hydrogen) atoms. The molecule has 1 aliphatic carbocycles. The number of alkyl halides is 3. The third-order valence-electron chi connectivity index (χ3n) is 11.8. The van der Waals surface area contributed by atoms with Crippen molar-refractivity contribution in [3.05, 3.63) is 53.2 Å². The van der Waals surface area contributed by atoms with Gasteiger partial charge >= 0.3 is 12.2 Å². The zero-order valence-electron chi connectivity index (χ0n) is 33.6. The van der Waals surface area contributed by atoms with E-state index in [1.54, 1.807) is 44.0 Å². The van der Waals surface area contributed by atoms with Gasteiger partial charge in [-0.2, -0.15) is 22.7 Å². The van der Waals surface area contributed by atoms with E-state index in [1.807, 2.05) is 0 Å². The Morgan fingerprint density at radius 2 is 1.73 bits per heavy atom. The van der Waals surface area contributed by atoms with E-state index < -0.39 is 40.2 Å². The maximum Gasteiger partial charge on any atom is 0.417 e. The average molecular weight is 863 g/mol. The lowest BCUT2D eigenvalue weighted by molar-refractivity contribution is -0.138. The van der Waals surface area contributed by atoms with Crippen LogP contribution in [0.3, 0.4) is 0 Å². The first-order valence-corrected chi connectivity index (χ1v) is 20.3. The lowest BCUT2D eigenvalue weighted by Gasteiger charge is -2.44. The van der Waals surface area contributed by atoms with Gasteiger partial charge in [0.1, 0.15) is 11.4 Å². The van der Waals surface area contributed by atoms with Gasteiger partial charge in [-0.05, 0) is 115 Å². The fraction of sp³-hybridized carbons (Fsp3) is 0.575. The number of urea groups is 1. The highest BCUT2D eigenvalue weighted by Gasteiger charge is 2.55. The Labute approximate surface area is 352 Å². The zero-order valence-corrected chi connectivity index (χ0v) is 35.3. The van der Waals surface area contributed by atoms with Crippen LogP contribution in [-0.2, 0) is 35.5 Å². The Hall–Kier alpha value is -4.28. The number of rotatable bonds is 11. The van der Waals surface area contributed by atoms with E-state index in [-0.39, 0.29) is 72.2 Å². The van der Waals surface area contributed by atoms with Crippen LogP contribution in [-0.4, -0.2) is 116 Å². The second kappa shape index (κ2) is 18.1. The number of aromatic nitrogens is 1. The molecule has 1 aromatic heterocycles. The summed E-state index contributed by atoms with van der Waals surface area (Å²) in [6.07, 6.45) is -0.0829. The van der Waals surface area contributed by atoms with Gasteiger partial charge in [0.25, 0.3) is 5.91 Å². The van der Waals surface area contributed by atoms with Crippen molar-refractivity contribution < 1.29 is 41.9 Å². The minimum absolute atomic E-state index is 0. The number of imide groups is 2. The lowest BCUT2D eigenvalue weighted by atomic mass is 9.76. The molecule has 320 valence electrons. The van der Waals surface area contributed by atoms with Gasteiger partial charge < -0.3 is 15.0 Å². The molecule has 1 aromatic carbocycles. The van der Waals surface area contributed by atoms with Crippen molar-refractivity contribution in [3.63, 3.8) is 0 Å². The smallest absolute Gasteiger partial charge is 0.377 e. The maximum absolute atomic E-state index is 13.6. The molecule has 2 aromatic rings. The molecule has 1 saturated carbocycles. The molecule has 2 N–H and O–H groups in total. The first kappa shape index (κ1) is 45.8. The van der Waals surface area contributed by atoms with Crippen LogP contribution in [0.5, 0.6) is 0 Å². The number of nitrogens with zero attached hydrogens (tertiary/aromatic N) is 6. The minimum atomic E-state index is -4.77. The number of carbonyl (C=O) groups is 5. The summed E-state index contributed by atoms with van der Waals surface area (Å²) < 4.78 is 47.9. The predicted octanol–water partition coefficient (Wildman–Crippen LogP) is 5.50. The number of piperidine rings is 1. The van der Waals surface area contributed by atoms with E-state index in [4.69, 9.17) is 10.00 Å². The van der Waals surface area contributed by atoms with Crippen molar-refractivity contribution >= 4 is 59.8 Å². The molecule has 0 radical (unpaired) electrons. The van der Waals surface area contributed by atoms with E-state index in [1.165, 1.54) is 12.1 Å². The molecule has 0 unspecified atom stereocenters. The third-order valence-corrected chi connectivity index (χ3v) is 12.8. The molecule has 3 atom stereocenters. The fourth-order valence-electron chi connectivity index (χ4n) is 8.53. The highest BCUT2D eigenvalue weighted by molar-refractivity contribution is 7.98. The molecular weight excluding hydrogens is 813 g/mol. The molecule has 0 bridgehead atoms. The summed E-state index contributed by atoms with van der Waals surface area (Å²) in [5.74, 6) is -1.06. The molecule has 3 aliphatic heterocycles. The number of anilines is 1. The molecule has 14 nitrogen and oxygen atoms in total. The van der Waals surface area contributed by atoms with Crippen molar-refractivity contribution in [1.82, 2.24) is 29.3 Å². The monoisotopic (exact) mass is 862 g/mol. The van der Waals surface area contributed by atoms with E-state index in [9.17, 15) is 37.1 Å². The second-order valence-electron chi connectivity index (χ2n) is 16.3. The maximum atomic E-state index is 13.6. The second-order valence-corrected chi connectivity index (χ2v) is 17.4. The topological polar surface area (TPSA) is 168 Å². The van der Waals surface area contributed by atoms with Gasteiger partial charge in [0.2, 0.25) is 17.7 Å². The Kier molecular flexibility index (Phi) is 14.1. The number of pyridine rings is 1. The van der Waals surface area contributed by atoms with Crippen molar-refractivity contribution in [2.24, 2.45) is 0 Å². The highest BCUT2D eigenvalue weighted by atomic mass is 35.5. The van der Waals surface area contributed by atoms with Gasteiger partial charge in [0.15, 0.2) is 0 Å². The van der Waals surface area contributed by atoms with Crippen LogP contribution in [0.4, 0.5) is 23.8 Å². The number of carbonyl (C=O) groups excluding carboxylic acids is 5. The van der Waals surface area contributed by atoms with Crippen LogP contribution in [0.15, 0.2) is 41.4 Å². The first-order valence-electron chi connectivity index (χ1n) is 19.5. The predicted molar refractivity (Wildman–Crippen MR) is 214 cm³/mol. The number of benzene rings is 1. The zero-order chi connectivity index (χ0) is 42.2. The average Bonchev–Trinajstić information content (AvgIpc) is 3.33. The van der Waals surface area contributed by atoms with E-state index in [0.717, 1.165) is 29.5 Å². The van der Waals surface area contributed by atoms with E-state index >= 15 is 0 Å². The quantitative estimate of drug-likeness (QED) is 0.166. The Balaban J connectivity index is 0.00000661. The Morgan fingerprint density at radius 3 is 2.36 bits per heavy atom. The highest BCUT2D eigenvalue weighted by Crippen LogP contribution is 2.42. The summed E-state index contributed by atoms with van der Waals surface area (Å²) in [5, 5.41) is 14.4. The van der Waals surface area contributed by atoms with Gasteiger partial charge in [-0.1, -0.05) is 0 Å². The van der Waals surface area contributed by atoms with Crippen LogP contribution in [0.25, 0.3) is 0 Å². The molecule has 4 aliphatic rings. The minimum Gasteiger partial charge on any atom is -0.377 e. The number of halogens is 4. The van der Waals surface area contributed by atoms with Crippen molar-refractivity contribution in [2.45, 2.75) is 119 Å². The summed E-state index contributed by atoms with van der Waals surface area (Å²) >= 11 is 0.629. The van der Waals surface area contributed by atoms with Gasteiger partial charge in [-0.3, -0.25) is 34.3 Å². The van der Waals surface area contributed by atoms with Crippen LogP contribution in [0.2, 0.25) is 0 Å². The molecule has 6 amide bonds. The fourth-order valence-corrected chi connectivity index (χ4v) is 9.52. The molecule has 4 heterocycles. The molecule has 6 rings (SSSR count). The van der Waals surface area contributed by atoms with Gasteiger partial charge in [-0.15, -0.1) is 12.4 Å². The van der Waals surface area contributed by atoms with Gasteiger partial charge in [0, 0.05) is 55.3 Å². The van der Waals surface area contributed by atoms with Crippen molar-refractivity contribution in [3.8, 4) is 6.07 Å². The van der Waals surface area contributed by atoms with Crippen molar-refractivity contribution in [1.29, 1.82) is 5.26 Å². The lowest BCUT2D eigenvalue weighted by Crippen LogP contribution is -2.58. The van der Waals surface area contributed by atoms with Gasteiger partial charge in [0.05, 0.1) is 41.9 Å². The number of hydrogen-bond donors (Lipinski definition) is 2. The molecule has 4 fully saturated rings. The van der Waals surface area contributed by atoms with Crippen molar-refractivity contribution in [2.75, 3.05) is 38.1 Å². The first-order chi connectivity index (χ1) is 27.3. The van der Waals surface area contributed by atoms with Crippen LogP contribution >= 0.6 is 24.4 Å². The normalized spacial score (nSPS) is 26.6. The largest absolute Gasteiger partial charge is 0.417 e. The molecule has 3 saturated heterocycles. The number of piperazine rings is 1. The van der Waals surface area contributed by atoms with E-state index in [0.29, 0.717) is 68.6 Å². The molecular formula is C40H50ClF3N8O6S. The number of amides is 6. The molecule has 19 heteroatoms. The van der Waals surface area contributed by atoms with Gasteiger partial charge in [-0.25, -0.2) is 9.78 Å². The number of nitriles is 1. The summed E-state index contributed by atoms with van der Waals surface area (Å²) in [6, 6.07) is 7.41. The number of hydrogen-bond acceptors (Lipinski definition) is 11. The van der Waals surface area contributed by atoms with E-state index in [2.05, 4.69) is 39.3 Å². The number of ether oxygens (including phenoxy) is 1. The van der Waals surface area contributed by atoms with Crippen LogP contribution < -0.4 is 10.6 Å². The van der Waals surface area contributed by atoms with Crippen LogP contribution in [0, 0.1) is 11.3 Å². The summed E-state index contributed by atoms with van der Waals surface area (Å²) in [4.78, 5) is 74.9. The van der Waals surface area contributed by atoms with Crippen LogP contribution in [0.1, 0.15) is 89.8 Å². The summed E-state index contributed by atoms with van der Waals surface area (Å²) in [7, 11) is 0. The summed E-state index contributed by atoms with van der Waals surface area (Å²) in [6.45, 7) is 12.1. The SMILES string of the molecule is C[C@@H]1CN(CCOC2CCC(N3C(=O)N(Sc4ccc(C#N)c(C(F)(F)F)c4)C(=O)C3(C)C)CC2)C[C@H](C)N1CC(=O)Nc1cc([C@@]2(C)CCC(=O)NC2=O)ccn1.Cl. The standard InChI is InChI=1S/C40H49F3N8O6S.ClH/c1-24-21-48(22-25(2)49(24)23-34(53)46-32-18-27(13-15-45-32)39(5)14-12-33(52)47-35(39)54)16-17-57-29-9-7-28(8-10-29)50-37(56)51(36(55)38(50,3)4)58-30-11-6-26(20-44)31(19-30)40(41,42)43;/h6,11,13,15,18-19,24-25,28-29H,7-10,12,14,16-17,21-23H2,1-5H3,(H,45,46,53)(H,47,52,54);1H/t24-,25+,28?,29?,39-;/m1./s1. The summed E-state index contributed by atoms with van der Waals surface area (Å²) in [5.41, 5.74) is -3.08. The molecule has 0 spiro atoms.